The average Bonchev–Trinajstić information content (AvgIpc) is 2.42. The number of ether oxygens (including phenoxy) is 1. The minimum Gasteiger partial charge on any atom is -0.491 e. The van der Waals surface area contributed by atoms with Gasteiger partial charge in [0.1, 0.15) is 0 Å². The summed E-state index contributed by atoms with van der Waals surface area (Å²) in [6.07, 6.45) is 1.24. The number of carbonyl (C=O) groups is 1. The molecule has 4 nitrogen and oxygen atoms in total. The van der Waals surface area contributed by atoms with E-state index in [1.165, 1.54) is 30.5 Å². The number of carbonyl (C=O) groups excluding carboxylic acids is 1. The number of aromatic nitrogens is 1. The van der Waals surface area contributed by atoms with Crippen LogP contribution < -0.4 is 10.1 Å². The second kappa shape index (κ2) is 6.10. The van der Waals surface area contributed by atoms with Gasteiger partial charge in [0.25, 0.3) is 5.91 Å². The second-order valence-corrected chi connectivity index (χ2v) is 3.87. The van der Waals surface area contributed by atoms with Gasteiger partial charge in [0.2, 0.25) is 5.95 Å². The molecule has 0 saturated heterocycles. The molecule has 1 N–H and O–H groups in total. The van der Waals surface area contributed by atoms with Crippen LogP contribution in [0.5, 0.6) is 5.75 Å². The molecular weight excluding hydrogens is 266 g/mol. The first kappa shape index (κ1) is 13.9. The number of halogens is 2. The summed E-state index contributed by atoms with van der Waals surface area (Å²) in [5.74, 6) is -2.08. The SMILES string of the molecule is CCOc1ccc(NC(=O)c2cccnc2F)cc1F. The van der Waals surface area contributed by atoms with Gasteiger partial charge in [-0.2, -0.15) is 4.39 Å². The van der Waals surface area contributed by atoms with Crippen LogP contribution in [-0.4, -0.2) is 17.5 Å². The van der Waals surface area contributed by atoms with Crippen molar-refractivity contribution < 1.29 is 18.3 Å². The van der Waals surface area contributed by atoms with Gasteiger partial charge < -0.3 is 10.1 Å². The molecule has 0 aliphatic carbocycles. The van der Waals surface area contributed by atoms with E-state index in [1.54, 1.807) is 6.92 Å². The summed E-state index contributed by atoms with van der Waals surface area (Å²) in [6.45, 7) is 2.07. The Morgan fingerprint density at radius 2 is 2.15 bits per heavy atom. The summed E-state index contributed by atoms with van der Waals surface area (Å²) < 4.78 is 32.0. The van der Waals surface area contributed by atoms with Crippen molar-refractivity contribution in [1.29, 1.82) is 0 Å². The number of anilines is 1. The Morgan fingerprint density at radius 3 is 2.80 bits per heavy atom. The molecule has 0 aliphatic heterocycles. The minimum absolute atomic E-state index is 0.0954. The van der Waals surface area contributed by atoms with Crippen molar-refractivity contribution in [3.05, 3.63) is 53.9 Å². The van der Waals surface area contributed by atoms with E-state index in [0.717, 1.165) is 6.07 Å². The maximum Gasteiger partial charge on any atom is 0.260 e. The van der Waals surface area contributed by atoms with E-state index in [1.807, 2.05) is 0 Å². The molecule has 0 spiro atoms. The van der Waals surface area contributed by atoms with Crippen molar-refractivity contribution in [3.8, 4) is 5.75 Å². The fourth-order valence-electron chi connectivity index (χ4n) is 1.60. The maximum absolute atomic E-state index is 13.6. The highest BCUT2D eigenvalue weighted by molar-refractivity contribution is 6.04. The number of benzene rings is 1. The van der Waals surface area contributed by atoms with Crippen molar-refractivity contribution in [1.82, 2.24) is 4.98 Å². The fourth-order valence-corrected chi connectivity index (χ4v) is 1.60. The molecule has 2 aromatic rings. The van der Waals surface area contributed by atoms with Gasteiger partial charge in [0.15, 0.2) is 11.6 Å². The van der Waals surface area contributed by atoms with Crippen LogP contribution >= 0.6 is 0 Å². The van der Waals surface area contributed by atoms with Gasteiger partial charge in [0, 0.05) is 18.0 Å². The third kappa shape index (κ3) is 3.09. The third-order valence-electron chi connectivity index (χ3n) is 2.49. The van der Waals surface area contributed by atoms with E-state index in [4.69, 9.17) is 4.74 Å². The average molecular weight is 278 g/mol. The molecule has 1 aromatic heterocycles. The van der Waals surface area contributed by atoms with E-state index < -0.39 is 17.7 Å². The van der Waals surface area contributed by atoms with Crippen LogP contribution in [-0.2, 0) is 0 Å². The van der Waals surface area contributed by atoms with Gasteiger partial charge in [-0.15, -0.1) is 0 Å². The molecule has 0 aliphatic rings. The van der Waals surface area contributed by atoms with Gasteiger partial charge >= 0.3 is 0 Å². The first-order chi connectivity index (χ1) is 9.61. The zero-order valence-corrected chi connectivity index (χ0v) is 10.7. The predicted molar refractivity (Wildman–Crippen MR) is 69.7 cm³/mol. The first-order valence-corrected chi connectivity index (χ1v) is 5.96. The molecule has 1 amide bonds. The molecule has 0 radical (unpaired) electrons. The zero-order chi connectivity index (χ0) is 14.5. The summed E-state index contributed by atoms with van der Waals surface area (Å²) in [5.41, 5.74) is 0.000925. The summed E-state index contributed by atoms with van der Waals surface area (Å²) >= 11 is 0. The summed E-state index contributed by atoms with van der Waals surface area (Å²) in [6, 6.07) is 6.71. The Kier molecular flexibility index (Phi) is 4.24. The van der Waals surface area contributed by atoms with Crippen LogP contribution in [0.25, 0.3) is 0 Å². The highest BCUT2D eigenvalue weighted by Crippen LogP contribution is 2.21. The van der Waals surface area contributed by atoms with Crippen LogP contribution in [0.15, 0.2) is 36.5 Å². The summed E-state index contributed by atoms with van der Waals surface area (Å²) in [7, 11) is 0. The predicted octanol–water partition coefficient (Wildman–Crippen LogP) is 3.01. The molecule has 0 unspecified atom stereocenters. The lowest BCUT2D eigenvalue weighted by atomic mass is 10.2. The summed E-state index contributed by atoms with van der Waals surface area (Å²) in [4.78, 5) is 15.2. The van der Waals surface area contributed by atoms with Crippen LogP contribution in [0.3, 0.4) is 0 Å². The molecule has 20 heavy (non-hydrogen) atoms. The normalized spacial score (nSPS) is 10.2. The minimum atomic E-state index is -0.878. The van der Waals surface area contributed by atoms with Crippen LogP contribution in [0.1, 0.15) is 17.3 Å². The number of hydrogen-bond donors (Lipinski definition) is 1. The molecule has 0 atom stereocenters. The van der Waals surface area contributed by atoms with E-state index in [2.05, 4.69) is 10.3 Å². The van der Waals surface area contributed by atoms with Crippen LogP contribution in [0.4, 0.5) is 14.5 Å². The van der Waals surface area contributed by atoms with E-state index in [0.29, 0.717) is 6.61 Å². The highest BCUT2D eigenvalue weighted by Gasteiger charge is 2.13. The number of hydrogen-bond acceptors (Lipinski definition) is 3. The van der Waals surface area contributed by atoms with Gasteiger partial charge in [-0.1, -0.05) is 0 Å². The Bertz CT molecular complexity index is 632. The molecule has 0 saturated carbocycles. The van der Waals surface area contributed by atoms with Gasteiger partial charge in [-0.3, -0.25) is 4.79 Å². The van der Waals surface area contributed by atoms with Gasteiger partial charge in [-0.05, 0) is 31.2 Å². The number of rotatable bonds is 4. The van der Waals surface area contributed by atoms with Crippen molar-refractivity contribution in [2.75, 3.05) is 11.9 Å². The molecule has 1 heterocycles. The van der Waals surface area contributed by atoms with E-state index in [9.17, 15) is 13.6 Å². The first-order valence-electron chi connectivity index (χ1n) is 5.96. The monoisotopic (exact) mass is 278 g/mol. The maximum atomic E-state index is 13.6. The molecule has 2 rings (SSSR count). The Morgan fingerprint density at radius 1 is 1.35 bits per heavy atom. The molecule has 0 bridgehead atoms. The van der Waals surface area contributed by atoms with Crippen LogP contribution in [0, 0.1) is 11.8 Å². The topological polar surface area (TPSA) is 51.2 Å². The van der Waals surface area contributed by atoms with Crippen LogP contribution in [0.2, 0.25) is 0 Å². The molecular formula is C14H12F2N2O2. The second-order valence-electron chi connectivity index (χ2n) is 3.87. The third-order valence-corrected chi connectivity index (χ3v) is 2.49. The lowest BCUT2D eigenvalue weighted by Crippen LogP contribution is -2.14. The smallest absolute Gasteiger partial charge is 0.260 e. The van der Waals surface area contributed by atoms with E-state index >= 15 is 0 Å². The largest absolute Gasteiger partial charge is 0.491 e. The van der Waals surface area contributed by atoms with E-state index in [-0.39, 0.29) is 17.0 Å². The van der Waals surface area contributed by atoms with Crippen molar-refractivity contribution in [2.45, 2.75) is 6.92 Å². The van der Waals surface area contributed by atoms with Crippen molar-refractivity contribution in [2.24, 2.45) is 0 Å². The number of nitrogens with zero attached hydrogens (tertiary/aromatic N) is 1. The zero-order valence-electron chi connectivity index (χ0n) is 10.7. The fraction of sp³-hybridized carbons (Fsp3) is 0.143. The van der Waals surface area contributed by atoms with Crippen molar-refractivity contribution >= 4 is 11.6 Å². The quantitative estimate of drug-likeness (QED) is 0.875. The summed E-state index contributed by atoms with van der Waals surface area (Å²) in [5, 5.41) is 2.39. The molecule has 6 heteroatoms. The highest BCUT2D eigenvalue weighted by atomic mass is 19.1. The van der Waals surface area contributed by atoms with Gasteiger partial charge in [-0.25, -0.2) is 9.37 Å². The Labute approximate surface area is 114 Å². The number of nitrogens with one attached hydrogen (secondary N) is 1. The lowest BCUT2D eigenvalue weighted by molar-refractivity contribution is 0.102. The lowest BCUT2D eigenvalue weighted by Gasteiger charge is -2.08. The van der Waals surface area contributed by atoms with Crippen molar-refractivity contribution in [3.63, 3.8) is 0 Å². The molecule has 104 valence electrons. The molecule has 1 aromatic carbocycles. The number of amides is 1. The standard InChI is InChI=1S/C14H12F2N2O2/c1-2-20-12-6-5-9(8-11(12)15)18-14(19)10-4-3-7-17-13(10)16/h3-8H,2H2,1H3,(H,18,19). The Hall–Kier alpha value is -2.50. The number of pyridine rings is 1. The molecule has 0 fully saturated rings. The van der Waals surface area contributed by atoms with Gasteiger partial charge in [0.05, 0.1) is 12.2 Å². The Balaban J connectivity index is 2.16.